The third-order valence-corrected chi connectivity index (χ3v) is 6.77. The van der Waals surface area contributed by atoms with Crippen LogP contribution in [0, 0.1) is 0 Å². The van der Waals surface area contributed by atoms with E-state index in [0.717, 1.165) is 6.42 Å². The van der Waals surface area contributed by atoms with Gasteiger partial charge in [-0.1, -0.05) is 32.9 Å². The molecule has 0 fully saturated rings. The van der Waals surface area contributed by atoms with Crippen molar-refractivity contribution < 1.29 is 22.4 Å². The van der Waals surface area contributed by atoms with Gasteiger partial charge in [-0.15, -0.1) is 0 Å². The number of carbonyl (C=O) groups excluding carboxylic acids is 1. The second-order valence-corrected chi connectivity index (χ2v) is 9.79. The van der Waals surface area contributed by atoms with Crippen LogP contribution < -0.4 is 14.8 Å². The Hall–Kier alpha value is -3.10. The van der Waals surface area contributed by atoms with Crippen molar-refractivity contribution in [3.05, 3.63) is 78.3 Å². The maximum atomic E-state index is 12.4. The summed E-state index contributed by atoms with van der Waals surface area (Å²) < 4.78 is 37.9. The van der Waals surface area contributed by atoms with Gasteiger partial charge in [-0.3, -0.25) is 4.79 Å². The molecule has 1 aromatic heterocycles. The summed E-state index contributed by atoms with van der Waals surface area (Å²) >= 11 is 0. The molecule has 0 aliphatic carbocycles. The van der Waals surface area contributed by atoms with Crippen molar-refractivity contribution in [2.75, 3.05) is 11.9 Å². The van der Waals surface area contributed by atoms with Gasteiger partial charge in [0, 0.05) is 5.69 Å². The average Bonchev–Trinajstić information content (AvgIpc) is 3.31. The lowest BCUT2D eigenvalue weighted by Gasteiger charge is -2.23. The zero-order valence-corrected chi connectivity index (χ0v) is 19.2. The highest BCUT2D eigenvalue weighted by Gasteiger charge is 2.18. The number of anilines is 1. The molecule has 2 N–H and O–H groups in total. The number of nitrogens with one attached hydrogen (secondary N) is 2. The standard InChI is InChI=1S/C24H28N2O5S/c1-4-24(2,3)18-7-11-20(12-8-18)31-17-23(27)26-19-9-13-22(14-10-19)32(28,29)25-16-21-6-5-15-30-21/h5-15,25H,4,16-17H2,1-3H3,(H,26,27). The van der Waals surface area contributed by atoms with Gasteiger partial charge in [0.2, 0.25) is 10.0 Å². The van der Waals surface area contributed by atoms with Gasteiger partial charge in [0.05, 0.1) is 17.7 Å². The fourth-order valence-corrected chi connectivity index (χ4v) is 3.93. The fraction of sp³-hybridized carbons (Fsp3) is 0.292. The minimum Gasteiger partial charge on any atom is -0.484 e. The first kappa shape index (κ1) is 23.6. The molecule has 0 spiro atoms. The van der Waals surface area contributed by atoms with Gasteiger partial charge >= 0.3 is 0 Å². The second kappa shape index (κ2) is 10.0. The van der Waals surface area contributed by atoms with E-state index < -0.39 is 10.0 Å². The van der Waals surface area contributed by atoms with E-state index in [1.54, 1.807) is 12.1 Å². The summed E-state index contributed by atoms with van der Waals surface area (Å²) in [4.78, 5) is 12.3. The van der Waals surface area contributed by atoms with E-state index in [-0.39, 0.29) is 29.4 Å². The molecular weight excluding hydrogens is 428 g/mol. The lowest BCUT2D eigenvalue weighted by atomic mass is 9.82. The Kier molecular flexibility index (Phi) is 7.37. The van der Waals surface area contributed by atoms with Crippen LogP contribution in [-0.2, 0) is 26.8 Å². The Morgan fingerprint density at radius 2 is 1.72 bits per heavy atom. The molecule has 0 aliphatic rings. The number of ether oxygens (including phenoxy) is 1. The van der Waals surface area contributed by atoms with E-state index in [4.69, 9.17) is 9.15 Å². The van der Waals surface area contributed by atoms with Gasteiger partial charge in [0.15, 0.2) is 6.61 Å². The molecule has 0 bridgehead atoms. The largest absolute Gasteiger partial charge is 0.484 e. The molecule has 7 nitrogen and oxygen atoms in total. The zero-order chi connectivity index (χ0) is 23.2. The molecule has 0 aliphatic heterocycles. The van der Waals surface area contributed by atoms with Gasteiger partial charge in [0.25, 0.3) is 5.91 Å². The molecule has 170 valence electrons. The van der Waals surface area contributed by atoms with Gasteiger partial charge < -0.3 is 14.5 Å². The summed E-state index contributed by atoms with van der Waals surface area (Å²) in [6.45, 7) is 6.42. The highest BCUT2D eigenvalue weighted by molar-refractivity contribution is 7.89. The van der Waals surface area contributed by atoms with Crippen LogP contribution in [-0.4, -0.2) is 20.9 Å². The molecule has 32 heavy (non-hydrogen) atoms. The quantitative estimate of drug-likeness (QED) is 0.469. The minimum atomic E-state index is -3.69. The predicted octanol–water partition coefficient (Wildman–Crippen LogP) is 4.46. The normalized spacial score (nSPS) is 11.8. The molecule has 0 saturated heterocycles. The van der Waals surface area contributed by atoms with Crippen molar-refractivity contribution in [2.24, 2.45) is 0 Å². The van der Waals surface area contributed by atoms with Crippen molar-refractivity contribution in [3.63, 3.8) is 0 Å². The predicted molar refractivity (Wildman–Crippen MR) is 123 cm³/mol. The molecule has 3 rings (SSSR count). The Bertz CT molecular complexity index is 1120. The van der Waals surface area contributed by atoms with Crippen LogP contribution >= 0.6 is 0 Å². The van der Waals surface area contributed by atoms with E-state index >= 15 is 0 Å². The van der Waals surface area contributed by atoms with Crippen molar-refractivity contribution in [2.45, 2.75) is 44.0 Å². The van der Waals surface area contributed by atoms with Crippen molar-refractivity contribution in [1.29, 1.82) is 0 Å². The number of amides is 1. The zero-order valence-electron chi connectivity index (χ0n) is 18.4. The Labute approximate surface area is 188 Å². The molecular formula is C24H28N2O5S. The van der Waals surface area contributed by atoms with E-state index in [2.05, 4.69) is 30.8 Å². The maximum absolute atomic E-state index is 12.4. The number of rotatable bonds is 10. The molecule has 1 amide bonds. The number of sulfonamides is 1. The van der Waals surface area contributed by atoms with E-state index in [1.165, 1.54) is 36.1 Å². The molecule has 0 unspecified atom stereocenters. The van der Waals surface area contributed by atoms with Crippen LogP contribution in [0.5, 0.6) is 5.75 Å². The molecule has 1 heterocycles. The smallest absolute Gasteiger partial charge is 0.262 e. The van der Waals surface area contributed by atoms with E-state index in [1.807, 2.05) is 24.3 Å². The number of hydrogen-bond donors (Lipinski definition) is 2. The first-order valence-electron chi connectivity index (χ1n) is 10.3. The highest BCUT2D eigenvalue weighted by atomic mass is 32.2. The van der Waals surface area contributed by atoms with Gasteiger partial charge in [0.1, 0.15) is 11.5 Å². The summed E-state index contributed by atoms with van der Waals surface area (Å²) in [5, 5.41) is 2.70. The first-order chi connectivity index (χ1) is 15.2. The summed E-state index contributed by atoms with van der Waals surface area (Å²) in [5.74, 6) is 0.788. The molecule has 8 heteroatoms. The molecule has 0 radical (unpaired) electrons. The van der Waals surface area contributed by atoms with Crippen LogP contribution in [0.2, 0.25) is 0 Å². The summed E-state index contributed by atoms with van der Waals surface area (Å²) in [6.07, 6.45) is 2.50. The third kappa shape index (κ3) is 6.21. The van der Waals surface area contributed by atoms with Crippen LogP contribution in [0.25, 0.3) is 0 Å². The summed E-state index contributed by atoms with van der Waals surface area (Å²) in [7, 11) is -3.69. The Morgan fingerprint density at radius 1 is 1.03 bits per heavy atom. The fourth-order valence-electron chi connectivity index (χ4n) is 2.93. The van der Waals surface area contributed by atoms with Crippen LogP contribution in [0.4, 0.5) is 5.69 Å². The van der Waals surface area contributed by atoms with Crippen LogP contribution in [0.15, 0.2) is 76.2 Å². The minimum absolute atomic E-state index is 0.0576. The van der Waals surface area contributed by atoms with Gasteiger partial charge in [-0.2, -0.15) is 0 Å². The monoisotopic (exact) mass is 456 g/mol. The van der Waals surface area contributed by atoms with Gasteiger partial charge in [-0.25, -0.2) is 13.1 Å². The SMILES string of the molecule is CCC(C)(C)c1ccc(OCC(=O)Nc2ccc(S(=O)(=O)NCc3ccco3)cc2)cc1. The second-order valence-electron chi connectivity index (χ2n) is 8.03. The van der Waals surface area contributed by atoms with Crippen molar-refractivity contribution in [3.8, 4) is 5.75 Å². The van der Waals surface area contributed by atoms with Gasteiger partial charge in [-0.05, 0) is 65.9 Å². The Balaban J connectivity index is 1.51. The van der Waals surface area contributed by atoms with Crippen LogP contribution in [0.1, 0.15) is 38.5 Å². The molecule has 0 saturated carbocycles. The van der Waals surface area contributed by atoms with Crippen molar-refractivity contribution >= 4 is 21.6 Å². The number of furan rings is 1. The van der Waals surface area contributed by atoms with E-state index in [0.29, 0.717) is 17.2 Å². The topological polar surface area (TPSA) is 97.6 Å². The average molecular weight is 457 g/mol. The summed E-state index contributed by atoms with van der Waals surface area (Å²) in [5.41, 5.74) is 1.78. The Morgan fingerprint density at radius 3 is 2.31 bits per heavy atom. The molecule has 3 aromatic rings. The van der Waals surface area contributed by atoms with Crippen molar-refractivity contribution in [1.82, 2.24) is 4.72 Å². The highest BCUT2D eigenvalue weighted by Crippen LogP contribution is 2.28. The maximum Gasteiger partial charge on any atom is 0.262 e. The lowest BCUT2D eigenvalue weighted by molar-refractivity contribution is -0.118. The third-order valence-electron chi connectivity index (χ3n) is 5.35. The lowest BCUT2D eigenvalue weighted by Crippen LogP contribution is -2.23. The van der Waals surface area contributed by atoms with E-state index in [9.17, 15) is 13.2 Å². The number of hydrogen-bond acceptors (Lipinski definition) is 5. The molecule has 2 aromatic carbocycles. The van der Waals surface area contributed by atoms with Crippen LogP contribution in [0.3, 0.4) is 0 Å². The number of benzene rings is 2. The number of carbonyl (C=O) groups is 1. The first-order valence-corrected chi connectivity index (χ1v) is 11.8. The molecule has 0 atom stereocenters. The summed E-state index contributed by atoms with van der Waals surface area (Å²) in [6, 6.07) is 17.0.